The van der Waals surface area contributed by atoms with Crippen LogP contribution in [0.25, 0.3) is 0 Å². The molecule has 150 valence electrons. The molecule has 0 spiro atoms. The Morgan fingerprint density at radius 2 is 1.55 bits per heavy atom. The van der Waals surface area contributed by atoms with E-state index < -0.39 is 10.0 Å². The minimum absolute atomic E-state index is 0.121. The fourth-order valence-electron chi connectivity index (χ4n) is 2.74. The molecule has 0 atom stereocenters. The lowest BCUT2D eigenvalue weighted by Gasteiger charge is -2.19. The van der Waals surface area contributed by atoms with Crippen LogP contribution in [0, 0.1) is 0 Å². The molecule has 1 N–H and O–H groups in total. The SMILES string of the molecule is COc1ccc(CNC(=O)c2ccc(S(=O)(=O)N(C)c3ccccc3)cc2)cc1. The van der Waals surface area contributed by atoms with Gasteiger partial charge in [-0.3, -0.25) is 9.10 Å². The Bertz CT molecular complexity index is 1060. The maximum absolute atomic E-state index is 12.8. The Hall–Kier alpha value is -3.32. The van der Waals surface area contributed by atoms with Gasteiger partial charge in [-0.15, -0.1) is 0 Å². The number of benzene rings is 3. The molecule has 0 saturated heterocycles. The number of rotatable bonds is 7. The van der Waals surface area contributed by atoms with Gasteiger partial charge in [-0.1, -0.05) is 30.3 Å². The first-order valence-corrected chi connectivity index (χ1v) is 10.4. The van der Waals surface area contributed by atoms with Crippen molar-refractivity contribution in [1.29, 1.82) is 0 Å². The molecule has 6 nitrogen and oxygen atoms in total. The molecule has 1 amide bonds. The number of nitrogens with zero attached hydrogens (tertiary/aromatic N) is 1. The molecule has 0 radical (unpaired) electrons. The van der Waals surface area contributed by atoms with E-state index in [1.165, 1.54) is 35.6 Å². The fraction of sp³-hybridized carbons (Fsp3) is 0.136. The highest BCUT2D eigenvalue weighted by Gasteiger charge is 2.21. The standard InChI is InChI=1S/C22H22N2O4S/c1-24(19-6-4-3-5-7-19)29(26,27)21-14-10-18(11-15-21)22(25)23-16-17-8-12-20(28-2)13-9-17/h3-15H,16H2,1-2H3,(H,23,25). The summed E-state index contributed by atoms with van der Waals surface area (Å²) in [6.45, 7) is 0.361. The van der Waals surface area contributed by atoms with Crippen LogP contribution in [0.2, 0.25) is 0 Å². The monoisotopic (exact) mass is 410 g/mol. The van der Waals surface area contributed by atoms with E-state index in [1.54, 1.807) is 31.4 Å². The van der Waals surface area contributed by atoms with Crippen molar-refractivity contribution in [2.75, 3.05) is 18.5 Å². The highest BCUT2D eigenvalue weighted by Crippen LogP contribution is 2.22. The molecule has 3 aromatic rings. The second kappa shape index (κ2) is 8.79. The van der Waals surface area contributed by atoms with Crippen LogP contribution in [0.15, 0.2) is 83.8 Å². The molecule has 0 aliphatic heterocycles. The number of carbonyl (C=O) groups is 1. The van der Waals surface area contributed by atoms with Gasteiger partial charge in [-0.25, -0.2) is 8.42 Å². The summed E-state index contributed by atoms with van der Waals surface area (Å²) >= 11 is 0. The predicted molar refractivity (Wildman–Crippen MR) is 113 cm³/mol. The van der Waals surface area contributed by atoms with Crippen molar-refractivity contribution in [3.8, 4) is 5.75 Å². The highest BCUT2D eigenvalue weighted by molar-refractivity contribution is 7.92. The van der Waals surface area contributed by atoms with Gasteiger partial charge in [0.2, 0.25) is 0 Å². The average Bonchev–Trinajstić information content (AvgIpc) is 2.78. The summed E-state index contributed by atoms with van der Waals surface area (Å²) in [6, 6.07) is 22.1. The Labute approximate surface area is 170 Å². The fourth-order valence-corrected chi connectivity index (χ4v) is 3.94. The molecular formula is C22H22N2O4S. The van der Waals surface area contributed by atoms with Crippen LogP contribution in [0.5, 0.6) is 5.75 Å². The van der Waals surface area contributed by atoms with Crippen molar-refractivity contribution in [3.63, 3.8) is 0 Å². The number of anilines is 1. The van der Waals surface area contributed by atoms with E-state index in [2.05, 4.69) is 5.32 Å². The summed E-state index contributed by atoms with van der Waals surface area (Å²) in [4.78, 5) is 12.5. The third-order valence-electron chi connectivity index (χ3n) is 4.51. The van der Waals surface area contributed by atoms with E-state index in [0.29, 0.717) is 17.8 Å². The minimum Gasteiger partial charge on any atom is -0.497 e. The molecule has 0 unspecified atom stereocenters. The number of nitrogens with one attached hydrogen (secondary N) is 1. The van der Waals surface area contributed by atoms with Crippen molar-refractivity contribution in [2.24, 2.45) is 0 Å². The van der Waals surface area contributed by atoms with Crippen LogP contribution < -0.4 is 14.4 Å². The summed E-state index contributed by atoms with van der Waals surface area (Å²) in [6.07, 6.45) is 0. The van der Waals surface area contributed by atoms with E-state index in [0.717, 1.165) is 11.3 Å². The molecule has 0 bridgehead atoms. The first-order valence-electron chi connectivity index (χ1n) is 8.97. The second-order valence-electron chi connectivity index (χ2n) is 6.36. The van der Waals surface area contributed by atoms with Gasteiger partial charge in [0.25, 0.3) is 15.9 Å². The Morgan fingerprint density at radius 1 is 0.931 bits per heavy atom. The summed E-state index contributed by atoms with van der Waals surface area (Å²) in [7, 11) is -0.611. The number of hydrogen-bond acceptors (Lipinski definition) is 4. The largest absolute Gasteiger partial charge is 0.497 e. The van der Waals surface area contributed by atoms with Gasteiger partial charge in [0.1, 0.15) is 5.75 Å². The third-order valence-corrected chi connectivity index (χ3v) is 6.31. The van der Waals surface area contributed by atoms with Gasteiger partial charge in [0.05, 0.1) is 17.7 Å². The number of carbonyl (C=O) groups excluding carboxylic acids is 1. The number of ether oxygens (including phenoxy) is 1. The maximum atomic E-state index is 12.8. The normalized spacial score (nSPS) is 11.0. The van der Waals surface area contributed by atoms with Crippen LogP contribution >= 0.6 is 0 Å². The van der Waals surface area contributed by atoms with Crippen LogP contribution in [0.1, 0.15) is 15.9 Å². The van der Waals surface area contributed by atoms with Crippen molar-refractivity contribution < 1.29 is 17.9 Å². The molecule has 0 saturated carbocycles. The average molecular weight is 410 g/mol. The smallest absolute Gasteiger partial charge is 0.264 e. The predicted octanol–water partition coefficient (Wildman–Crippen LogP) is 3.45. The van der Waals surface area contributed by atoms with Gasteiger partial charge in [-0.2, -0.15) is 0 Å². The molecule has 0 heterocycles. The topological polar surface area (TPSA) is 75.7 Å². The van der Waals surface area contributed by atoms with Crippen molar-refractivity contribution in [1.82, 2.24) is 5.32 Å². The summed E-state index contributed by atoms with van der Waals surface area (Å²) in [5, 5.41) is 2.82. The van der Waals surface area contributed by atoms with Crippen molar-refractivity contribution in [2.45, 2.75) is 11.4 Å². The summed E-state index contributed by atoms with van der Waals surface area (Å²) < 4.78 is 31.9. The molecule has 0 aromatic heterocycles. The Morgan fingerprint density at radius 3 is 2.14 bits per heavy atom. The van der Waals surface area contributed by atoms with E-state index in [-0.39, 0.29) is 10.8 Å². The minimum atomic E-state index is -3.71. The molecule has 29 heavy (non-hydrogen) atoms. The molecule has 3 rings (SSSR count). The van der Waals surface area contributed by atoms with E-state index in [4.69, 9.17) is 4.74 Å². The van der Waals surface area contributed by atoms with Crippen molar-refractivity contribution in [3.05, 3.63) is 90.0 Å². The van der Waals surface area contributed by atoms with Crippen LogP contribution in [-0.2, 0) is 16.6 Å². The molecule has 7 heteroatoms. The molecular weight excluding hydrogens is 388 g/mol. The zero-order valence-corrected chi connectivity index (χ0v) is 17.0. The van der Waals surface area contributed by atoms with E-state index in [9.17, 15) is 13.2 Å². The van der Waals surface area contributed by atoms with Gasteiger partial charge < -0.3 is 10.1 Å². The first-order chi connectivity index (χ1) is 13.9. The molecule has 0 aliphatic rings. The van der Waals surface area contributed by atoms with Crippen LogP contribution in [0.3, 0.4) is 0 Å². The summed E-state index contributed by atoms with van der Waals surface area (Å²) in [5.74, 6) is 0.471. The number of amides is 1. The van der Waals surface area contributed by atoms with Gasteiger partial charge in [-0.05, 0) is 54.1 Å². The zero-order chi connectivity index (χ0) is 20.9. The Kier molecular flexibility index (Phi) is 6.19. The lowest BCUT2D eigenvalue weighted by Crippen LogP contribution is -2.27. The molecule has 0 fully saturated rings. The Balaban J connectivity index is 1.67. The van der Waals surface area contributed by atoms with Crippen LogP contribution in [0.4, 0.5) is 5.69 Å². The maximum Gasteiger partial charge on any atom is 0.264 e. The van der Waals surface area contributed by atoms with Crippen LogP contribution in [-0.4, -0.2) is 28.5 Å². The van der Waals surface area contributed by atoms with E-state index in [1.807, 2.05) is 30.3 Å². The quantitative estimate of drug-likeness (QED) is 0.647. The number of hydrogen-bond donors (Lipinski definition) is 1. The molecule has 0 aliphatic carbocycles. The zero-order valence-electron chi connectivity index (χ0n) is 16.2. The second-order valence-corrected chi connectivity index (χ2v) is 8.33. The van der Waals surface area contributed by atoms with E-state index >= 15 is 0 Å². The third kappa shape index (κ3) is 4.75. The number of sulfonamides is 1. The highest BCUT2D eigenvalue weighted by atomic mass is 32.2. The molecule has 3 aromatic carbocycles. The number of methoxy groups -OCH3 is 1. The van der Waals surface area contributed by atoms with Gasteiger partial charge >= 0.3 is 0 Å². The summed E-state index contributed by atoms with van der Waals surface area (Å²) in [5.41, 5.74) is 1.89. The van der Waals surface area contributed by atoms with Gasteiger partial charge in [0, 0.05) is 19.2 Å². The van der Waals surface area contributed by atoms with Gasteiger partial charge in [0.15, 0.2) is 0 Å². The number of para-hydroxylation sites is 1. The lowest BCUT2D eigenvalue weighted by atomic mass is 10.2. The first kappa shape index (κ1) is 20.4. The van der Waals surface area contributed by atoms with Crippen molar-refractivity contribution >= 4 is 21.6 Å². The lowest BCUT2D eigenvalue weighted by molar-refractivity contribution is 0.0951.